The Kier molecular flexibility index (Phi) is 5.65. The molecule has 1 rings (SSSR count). The van der Waals surface area contributed by atoms with Gasteiger partial charge in [0.15, 0.2) is 0 Å². The Morgan fingerprint density at radius 1 is 1.05 bits per heavy atom. The molecule has 1 aliphatic rings. The zero-order chi connectivity index (χ0) is 15.6. The summed E-state index contributed by atoms with van der Waals surface area (Å²) >= 11 is 0. The first-order chi connectivity index (χ1) is 8.98. The number of rotatable bonds is 3. The van der Waals surface area contributed by atoms with Crippen LogP contribution in [0.15, 0.2) is 0 Å². The van der Waals surface area contributed by atoms with Gasteiger partial charge in [0.2, 0.25) is 5.91 Å². The lowest BCUT2D eigenvalue weighted by molar-refractivity contribution is -0.137. The SMILES string of the molecule is C[C@@H]1CN(CCC(C)(C)C)CCN1C(=O)CC(C)(C)C. The Bertz CT molecular complexity index is 325. The normalized spacial score (nSPS) is 22.1. The third-order valence-corrected chi connectivity index (χ3v) is 3.89. The maximum Gasteiger partial charge on any atom is 0.223 e. The van der Waals surface area contributed by atoms with Gasteiger partial charge in [0, 0.05) is 32.1 Å². The first-order valence-electron chi connectivity index (χ1n) is 8.00. The lowest BCUT2D eigenvalue weighted by Gasteiger charge is -2.41. The average molecular weight is 282 g/mol. The van der Waals surface area contributed by atoms with Crippen molar-refractivity contribution in [3.63, 3.8) is 0 Å². The van der Waals surface area contributed by atoms with Gasteiger partial charge in [-0.15, -0.1) is 0 Å². The fourth-order valence-corrected chi connectivity index (χ4v) is 2.66. The largest absolute Gasteiger partial charge is 0.337 e. The molecule has 1 heterocycles. The molecule has 0 aromatic heterocycles. The average Bonchev–Trinajstić information content (AvgIpc) is 2.22. The van der Waals surface area contributed by atoms with Crippen LogP contribution in [0.5, 0.6) is 0 Å². The fourth-order valence-electron chi connectivity index (χ4n) is 2.66. The molecule has 0 bridgehead atoms. The van der Waals surface area contributed by atoms with Crippen molar-refractivity contribution in [2.75, 3.05) is 26.2 Å². The van der Waals surface area contributed by atoms with Crippen molar-refractivity contribution in [1.82, 2.24) is 9.80 Å². The topological polar surface area (TPSA) is 23.6 Å². The molecule has 0 N–H and O–H groups in total. The van der Waals surface area contributed by atoms with Crippen LogP contribution in [0.2, 0.25) is 0 Å². The zero-order valence-electron chi connectivity index (χ0n) is 14.6. The summed E-state index contributed by atoms with van der Waals surface area (Å²) in [4.78, 5) is 16.9. The van der Waals surface area contributed by atoms with E-state index in [9.17, 15) is 4.79 Å². The number of hydrogen-bond donors (Lipinski definition) is 0. The van der Waals surface area contributed by atoms with Crippen molar-refractivity contribution in [3.05, 3.63) is 0 Å². The zero-order valence-corrected chi connectivity index (χ0v) is 14.6. The van der Waals surface area contributed by atoms with Gasteiger partial charge in [0.1, 0.15) is 0 Å². The lowest BCUT2D eigenvalue weighted by Crippen LogP contribution is -2.54. The summed E-state index contributed by atoms with van der Waals surface area (Å²) in [7, 11) is 0. The van der Waals surface area contributed by atoms with E-state index in [2.05, 4.69) is 58.3 Å². The van der Waals surface area contributed by atoms with Crippen molar-refractivity contribution in [2.45, 2.75) is 67.3 Å². The standard InChI is InChI=1S/C17H34N2O/c1-14-13-18(9-8-16(2,3)4)10-11-19(14)15(20)12-17(5,6)7/h14H,8-13H2,1-7H3/t14-/m1/s1. The second-order valence-electron chi connectivity index (χ2n) is 8.78. The van der Waals surface area contributed by atoms with Crippen molar-refractivity contribution in [2.24, 2.45) is 10.8 Å². The highest BCUT2D eigenvalue weighted by Crippen LogP contribution is 2.23. The minimum Gasteiger partial charge on any atom is -0.337 e. The fraction of sp³-hybridized carbons (Fsp3) is 0.941. The molecular weight excluding hydrogens is 248 g/mol. The molecule has 1 fully saturated rings. The number of nitrogens with zero attached hydrogens (tertiary/aromatic N) is 2. The third-order valence-electron chi connectivity index (χ3n) is 3.89. The summed E-state index contributed by atoms with van der Waals surface area (Å²) in [6.45, 7) is 19.5. The van der Waals surface area contributed by atoms with Crippen LogP contribution in [0.4, 0.5) is 0 Å². The van der Waals surface area contributed by atoms with Crippen molar-refractivity contribution in [1.29, 1.82) is 0 Å². The predicted octanol–water partition coefficient (Wildman–Crippen LogP) is 3.39. The molecule has 3 nitrogen and oxygen atoms in total. The van der Waals surface area contributed by atoms with Crippen LogP contribution in [0.25, 0.3) is 0 Å². The molecule has 0 radical (unpaired) electrons. The summed E-state index contributed by atoms with van der Waals surface area (Å²) in [5.41, 5.74) is 0.475. The Morgan fingerprint density at radius 2 is 1.65 bits per heavy atom. The number of piperazine rings is 1. The van der Waals surface area contributed by atoms with Crippen molar-refractivity contribution < 1.29 is 4.79 Å². The Labute approximate surface area is 125 Å². The number of amides is 1. The molecular formula is C17H34N2O. The van der Waals surface area contributed by atoms with E-state index in [0.717, 1.165) is 26.2 Å². The highest BCUT2D eigenvalue weighted by molar-refractivity contribution is 5.77. The molecule has 20 heavy (non-hydrogen) atoms. The van der Waals surface area contributed by atoms with Gasteiger partial charge in [-0.3, -0.25) is 9.69 Å². The van der Waals surface area contributed by atoms with E-state index in [1.807, 2.05) is 0 Å². The van der Waals surface area contributed by atoms with Gasteiger partial charge in [-0.2, -0.15) is 0 Å². The van der Waals surface area contributed by atoms with E-state index < -0.39 is 0 Å². The number of hydrogen-bond acceptors (Lipinski definition) is 2. The smallest absolute Gasteiger partial charge is 0.223 e. The van der Waals surface area contributed by atoms with Crippen LogP contribution < -0.4 is 0 Å². The van der Waals surface area contributed by atoms with Crippen molar-refractivity contribution in [3.8, 4) is 0 Å². The molecule has 1 saturated heterocycles. The van der Waals surface area contributed by atoms with Gasteiger partial charge in [-0.25, -0.2) is 0 Å². The van der Waals surface area contributed by atoms with E-state index in [4.69, 9.17) is 0 Å². The van der Waals surface area contributed by atoms with E-state index >= 15 is 0 Å². The van der Waals surface area contributed by atoms with Gasteiger partial charge in [0.25, 0.3) is 0 Å². The summed E-state index contributed by atoms with van der Waals surface area (Å²) in [6, 6.07) is 0.346. The first-order valence-corrected chi connectivity index (χ1v) is 8.00. The molecule has 0 spiro atoms. The molecule has 0 aromatic rings. The van der Waals surface area contributed by atoms with E-state index in [0.29, 0.717) is 23.8 Å². The molecule has 0 aliphatic carbocycles. The molecule has 1 atom stereocenters. The Morgan fingerprint density at radius 3 is 2.10 bits per heavy atom. The molecule has 0 unspecified atom stereocenters. The van der Waals surface area contributed by atoms with Gasteiger partial charge < -0.3 is 4.90 Å². The highest BCUT2D eigenvalue weighted by Gasteiger charge is 2.29. The molecule has 0 aromatic carbocycles. The van der Waals surface area contributed by atoms with Gasteiger partial charge >= 0.3 is 0 Å². The highest BCUT2D eigenvalue weighted by atomic mass is 16.2. The first kappa shape index (κ1) is 17.5. The van der Waals surface area contributed by atoms with Crippen LogP contribution in [-0.2, 0) is 4.79 Å². The maximum absolute atomic E-state index is 12.4. The molecule has 1 amide bonds. The lowest BCUT2D eigenvalue weighted by atomic mass is 9.91. The van der Waals surface area contributed by atoms with E-state index in [1.54, 1.807) is 0 Å². The van der Waals surface area contributed by atoms with Crippen molar-refractivity contribution >= 4 is 5.91 Å². The molecule has 118 valence electrons. The molecule has 3 heteroatoms. The van der Waals surface area contributed by atoms with Gasteiger partial charge in [-0.05, 0) is 30.7 Å². The van der Waals surface area contributed by atoms with Crippen LogP contribution in [0.3, 0.4) is 0 Å². The van der Waals surface area contributed by atoms with Crippen LogP contribution in [0.1, 0.15) is 61.3 Å². The van der Waals surface area contributed by atoms with Crippen LogP contribution >= 0.6 is 0 Å². The monoisotopic (exact) mass is 282 g/mol. The summed E-state index contributed by atoms with van der Waals surface area (Å²) < 4.78 is 0. The van der Waals surface area contributed by atoms with Gasteiger partial charge in [-0.1, -0.05) is 41.5 Å². The second kappa shape index (κ2) is 6.46. The van der Waals surface area contributed by atoms with Crippen LogP contribution in [-0.4, -0.2) is 47.9 Å². The second-order valence-corrected chi connectivity index (χ2v) is 8.78. The number of carbonyl (C=O) groups is 1. The van der Waals surface area contributed by atoms with E-state index in [1.165, 1.54) is 6.42 Å². The maximum atomic E-state index is 12.4. The number of carbonyl (C=O) groups excluding carboxylic acids is 1. The summed E-state index contributed by atoms with van der Waals surface area (Å²) in [5.74, 6) is 0.320. The van der Waals surface area contributed by atoms with E-state index in [-0.39, 0.29) is 5.41 Å². The summed E-state index contributed by atoms with van der Waals surface area (Å²) in [5, 5.41) is 0. The quantitative estimate of drug-likeness (QED) is 0.792. The Hall–Kier alpha value is -0.570. The minimum atomic E-state index is 0.0835. The molecule has 0 saturated carbocycles. The van der Waals surface area contributed by atoms with Gasteiger partial charge in [0.05, 0.1) is 0 Å². The Balaban J connectivity index is 2.45. The minimum absolute atomic E-state index is 0.0835. The molecule has 1 aliphatic heterocycles. The summed E-state index contributed by atoms with van der Waals surface area (Å²) in [6.07, 6.45) is 1.87. The third kappa shape index (κ3) is 6.25. The predicted molar refractivity (Wildman–Crippen MR) is 85.8 cm³/mol. The van der Waals surface area contributed by atoms with Crippen LogP contribution in [0, 0.1) is 10.8 Å².